The van der Waals surface area contributed by atoms with Crippen molar-refractivity contribution >= 4 is 32.7 Å². The Morgan fingerprint density at radius 3 is 2.50 bits per heavy atom. The minimum Gasteiger partial charge on any atom is -0.494 e. The van der Waals surface area contributed by atoms with E-state index in [4.69, 9.17) is 4.74 Å². The Labute approximate surface area is 191 Å². The van der Waals surface area contributed by atoms with Gasteiger partial charge in [0.1, 0.15) is 11.4 Å². The van der Waals surface area contributed by atoms with Gasteiger partial charge in [-0.15, -0.1) is 0 Å². The molecule has 0 radical (unpaired) electrons. The van der Waals surface area contributed by atoms with Crippen molar-refractivity contribution in [1.82, 2.24) is 14.8 Å². The summed E-state index contributed by atoms with van der Waals surface area (Å²) in [6.07, 6.45) is 5.27. The summed E-state index contributed by atoms with van der Waals surface area (Å²) in [6, 6.07) is 5.01. The molecule has 2 heterocycles. The maximum atomic E-state index is 13.1. The van der Waals surface area contributed by atoms with Crippen LogP contribution >= 0.6 is 10.2 Å². The fraction of sp³-hybridized carbons (Fsp3) is 0.381. The Bertz CT molecular complexity index is 1240. The number of pyridine rings is 1. The first-order valence-corrected chi connectivity index (χ1v) is 12.4. The standard InChI is InChI=1S/C21H23F5N4O3S/c1-33-19-10-17-14(11-30(29-17)15-7-5-13(12-31)6-8-15)9-18(19)28-21(32)16-3-2-4-20(27-16)34(22,23,24,25)26/h2-4,9-11,13,15,31H,5-8,12H2,1H3,(H,28,32). The lowest BCUT2D eigenvalue weighted by atomic mass is 9.87. The van der Waals surface area contributed by atoms with E-state index in [9.17, 15) is 29.3 Å². The number of nitrogens with one attached hydrogen (secondary N) is 1. The molecule has 2 N–H and O–H groups in total. The fourth-order valence-electron chi connectivity index (χ4n) is 4.06. The normalized spacial score (nSPS) is 21.0. The number of anilines is 1. The second kappa shape index (κ2) is 7.80. The summed E-state index contributed by atoms with van der Waals surface area (Å²) >= 11 is 0. The second-order valence-corrected chi connectivity index (χ2v) is 10.7. The molecule has 1 saturated carbocycles. The molecule has 0 atom stereocenters. The molecule has 0 aliphatic heterocycles. The minimum absolute atomic E-state index is 0.128. The molecular weight excluding hydrogens is 483 g/mol. The van der Waals surface area contributed by atoms with Crippen molar-refractivity contribution < 1.29 is 34.1 Å². The first-order valence-electron chi connectivity index (χ1n) is 10.5. The van der Waals surface area contributed by atoms with Gasteiger partial charge in [0.05, 0.1) is 24.4 Å². The third-order valence-corrected chi connectivity index (χ3v) is 6.91. The van der Waals surface area contributed by atoms with Crippen molar-refractivity contribution in [3.05, 3.63) is 42.2 Å². The summed E-state index contributed by atoms with van der Waals surface area (Å²) in [5.74, 6) is -0.621. The average Bonchev–Trinajstić information content (AvgIpc) is 3.20. The van der Waals surface area contributed by atoms with E-state index in [1.54, 1.807) is 18.3 Å². The summed E-state index contributed by atoms with van der Waals surface area (Å²) in [6.45, 7) is 0.161. The Morgan fingerprint density at radius 2 is 1.88 bits per heavy atom. The minimum atomic E-state index is -10.0. The number of methoxy groups -OCH3 is 1. The summed E-state index contributed by atoms with van der Waals surface area (Å²) < 4.78 is 72.5. The second-order valence-electron chi connectivity index (χ2n) is 8.36. The molecule has 3 aromatic rings. The Balaban J connectivity index is 1.60. The monoisotopic (exact) mass is 506 g/mol. The molecule has 1 aliphatic rings. The van der Waals surface area contributed by atoms with Gasteiger partial charge in [0.15, 0.2) is 5.03 Å². The van der Waals surface area contributed by atoms with Crippen LogP contribution in [-0.2, 0) is 0 Å². The van der Waals surface area contributed by atoms with Crippen LogP contribution in [-0.4, -0.2) is 39.5 Å². The Morgan fingerprint density at radius 1 is 1.18 bits per heavy atom. The predicted molar refractivity (Wildman–Crippen MR) is 118 cm³/mol. The molecule has 1 aromatic carbocycles. The lowest BCUT2D eigenvalue weighted by molar-refractivity contribution is 0.102. The molecule has 13 heteroatoms. The Kier molecular flexibility index (Phi) is 5.55. The third-order valence-electron chi connectivity index (χ3n) is 5.89. The highest BCUT2D eigenvalue weighted by Gasteiger charge is 2.67. The number of nitrogens with zero attached hydrogens (tertiary/aromatic N) is 3. The zero-order chi connectivity index (χ0) is 24.8. The van der Waals surface area contributed by atoms with E-state index in [1.165, 1.54) is 7.11 Å². The average molecular weight is 506 g/mol. The number of amides is 1. The zero-order valence-corrected chi connectivity index (χ0v) is 18.9. The molecule has 4 rings (SSSR count). The number of hydrogen-bond acceptors (Lipinski definition) is 5. The van der Waals surface area contributed by atoms with Gasteiger partial charge in [0, 0.05) is 24.3 Å². The van der Waals surface area contributed by atoms with Crippen molar-refractivity contribution in [2.75, 3.05) is 19.0 Å². The van der Waals surface area contributed by atoms with Gasteiger partial charge < -0.3 is 15.2 Å². The first kappa shape index (κ1) is 24.2. The van der Waals surface area contributed by atoms with Crippen LogP contribution in [0.15, 0.2) is 41.6 Å². The summed E-state index contributed by atoms with van der Waals surface area (Å²) in [5, 5.41) is 14.5. The van der Waals surface area contributed by atoms with Gasteiger partial charge >= 0.3 is 10.2 Å². The molecule has 7 nitrogen and oxygen atoms in total. The molecule has 0 bridgehead atoms. The van der Waals surface area contributed by atoms with Crippen LogP contribution in [0.3, 0.4) is 0 Å². The van der Waals surface area contributed by atoms with Gasteiger partial charge in [-0.2, -0.15) is 5.10 Å². The van der Waals surface area contributed by atoms with Crippen LogP contribution in [0.5, 0.6) is 5.75 Å². The summed E-state index contributed by atoms with van der Waals surface area (Å²) in [7, 11) is -8.69. The van der Waals surface area contributed by atoms with Crippen LogP contribution in [0.25, 0.3) is 10.9 Å². The van der Waals surface area contributed by atoms with E-state index >= 15 is 0 Å². The largest absolute Gasteiger partial charge is 0.494 e. The number of aliphatic hydroxyl groups is 1. The first-order chi connectivity index (χ1) is 15.8. The van der Waals surface area contributed by atoms with Gasteiger partial charge in [-0.3, -0.25) is 9.48 Å². The van der Waals surface area contributed by atoms with Crippen LogP contribution in [0, 0.1) is 5.92 Å². The molecule has 2 aromatic heterocycles. The number of aromatic nitrogens is 3. The molecule has 0 unspecified atom stereocenters. The van der Waals surface area contributed by atoms with Gasteiger partial charge in [-0.25, -0.2) is 4.98 Å². The van der Waals surface area contributed by atoms with Crippen molar-refractivity contribution in [2.24, 2.45) is 5.92 Å². The van der Waals surface area contributed by atoms with E-state index < -0.39 is 26.9 Å². The summed E-state index contributed by atoms with van der Waals surface area (Å²) in [5.41, 5.74) is -0.104. The lowest BCUT2D eigenvalue weighted by Crippen LogP contribution is -2.20. The van der Waals surface area contributed by atoms with Crippen LogP contribution in [0.2, 0.25) is 0 Å². The Hall–Kier alpha value is -2.93. The molecule has 186 valence electrons. The molecule has 0 spiro atoms. The molecule has 1 amide bonds. The van der Waals surface area contributed by atoms with Crippen molar-refractivity contribution in [2.45, 2.75) is 36.8 Å². The predicted octanol–water partition coefficient (Wildman–Crippen LogP) is 6.07. The van der Waals surface area contributed by atoms with E-state index in [-0.39, 0.29) is 36.1 Å². The number of halogens is 5. The topological polar surface area (TPSA) is 89.3 Å². The van der Waals surface area contributed by atoms with Gasteiger partial charge in [-0.05, 0) is 49.8 Å². The molecule has 1 aliphatic carbocycles. The number of aliphatic hydroxyl groups excluding tert-OH is 1. The lowest BCUT2D eigenvalue weighted by Gasteiger charge is -2.39. The number of benzene rings is 1. The highest BCUT2D eigenvalue weighted by molar-refractivity contribution is 8.45. The quantitative estimate of drug-likeness (QED) is 0.396. The van der Waals surface area contributed by atoms with E-state index in [2.05, 4.69) is 15.4 Å². The van der Waals surface area contributed by atoms with Crippen molar-refractivity contribution in [3.63, 3.8) is 0 Å². The van der Waals surface area contributed by atoms with Crippen molar-refractivity contribution in [1.29, 1.82) is 0 Å². The maximum absolute atomic E-state index is 13.1. The van der Waals surface area contributed by atoms with Gasteiger partial charge in [0.25, 0.3) is 5.91 Å². The number of rotatable bonds is 6. The van der Waals surface area contributed by atoms with E-state index in [0.29, 0.717) is 17.0 Å². The van der Waals surface area contributed by atoms with E-state index in [1.807, 2.05) is 4.68 Å². The number of ether oxygens (including phenoxy) is 1. The highest BCUT2D eigenvalue weighted by Crippen LogP contribution is 3.01. The summed E-state index contributed by atoms with van der Waals surface area (Å²) in [4.78, 5) is 15.4. The van der Waals surface area contributed by atoms with Gasteiger partial charge in [0.2, 0.25) is 0 Å². The van der Waals surface area contributed by atoms with E-state index in [0.717, 1.165) is 31.7 Å². The molecule has 1 fully saturated rings. The smallest absolute Gasteiger partial charge is 0.325 e. The van der Waals surface area contributed by atoms with Crippen LogP contribution in [0.1, 0.15) is 42.2 Å². The third kappa shape index (κ3) is 5.09. The van der Waals surface area contributed by atoms with Crippen LogP contribution < -0.4 is 10.1 Å². The number of carbonyl (C=O) groups excluding carboxylic acids is 1. The zero-order valence-electron chi connectivity index (χ0n) is 18.1. The maximum Gasteiger partial charge on any atom is 0.325 e. The van der Waals surface area contributed by atoms with Crippen LogP contribution in [0.4, 0.5) is 25.1 Å². The number of carbonyl (C=O) groups is 1. The highest BCUT2D eigenvalue weighted by atomic mass is 32.5. The van der Waals surface area contributed by atoms with Crippen molar-refractivity contribution in [3.8, 4) is 5.75 Å². The molecule has 34 heavy (non-hydrogen) atoms. The molecule has 0 saturated heterocycles. The van der Waals surface area contributed by atoms with Gasteiger partial charge in [-0.1, -0.05) is 25.5 Å². The SMILES string of the molecule is COc1cc2nn(C3CCC(CO)CC3)cc2cc1NC(=O)c1cccc(S(F)(F)(F)(F)F)n1. The molecular formula is C21H23F5N4O3S. The number of fused-ring (bicyclic) bond motifs is 1. The number of hydrogen-bond donors (Lipinski definition) is 2. The fourth-order valence-corrected chi connectivity index (χ4v) is 4.67.